The first-order chi connectivity index (χ1) is 34.3. The molecule has 8 atom stereocenters. The largest absolute Gasteiger partial charge is 0.394 e. The summed E-state index contributed by atoms with van der Waals surface area (Å²) in [6, 6.07) is -1.00. The summed E-state index contributed by atoms with van der Waals surface area (Å²) in [7, 11) is 0. The van der Waals surface area contributed by atoms with E-state index in [2.05, 4.69) is 55.6 Å². The Bertz CT molecular complexity index is 1260. The molecule has 0 bridgehead atoms. The Morgan fingerprint density at radius 3 is 1.30 bits per heavy atom. The fourth-order valence-electron chi connectivity index (χ4n) is 9.20. The Labute approximate surface area is 429 Å². The lowest BCUT2D eigenvalue weighted by Crippen LogP contribution is -2.60. The molecule has 1 fully saturated rings. The van der Waals surface area contributed by atoms with Crippen LogP contribution in [-0.4, -0.2) is 98.7 Å². The van der Waals surface area contributed by atoms with Gasteiger partial charge in [0.05, 0.1) is 25.4 Å². The molecule has 1 aliphatic heterocycles. The Balaban J connectivity index is 2.11. The highest BCUT2D eigenvalue weighted by molar-refractivity contribution is 5.80. The zero-order chi connectivity index (χ0) is 51.0. The molecule has 1 rings (SSSR count). The third-order valence-electron chi connectivity index (χ3n) is 13.9. The smallest absolute Gasteiger partial charge is 0.249 e. The highest BCUT2D eigenvalue weighted by Crippen LogP contribution is 2.23. The van der Waals surface area contributed by atoms with Crippen LogP contribution in [0.15, 0.2) is 48.6 Å². The van der Waals surface area contributed by atoms with Crippen LogP contribution in [0.4, 0.5) is 0 Å². The van der Waals surface area contributed by atoms with Gasteiger partial charge in [0.2, 0.25) is 5.91 Å². The fraction of sp³-hybridized carbons (Fsp3) is 0.850. The summed E-state index contributed by atoms with van der Waals surface area (Å²) in [5, 5.41) is 64.8. The molecule has 7 N–H and O–H groups in total. The average Bonchev–Trinajstić information content (AvgIpc) is 3.36. The minimum atomic E-state index is -1.62. The van der Waals surface area contributed by atoms with Crippen molar-refractivity contribution in [3.63, 3.8) is 0 Å². The van der Waals surface area contributed by atoms with E-state index in [1.807, 2.05) is 6.08 Å². The second kappa shape index (κ2) is 49.3. The summed E-state index contributed by atoms with van der Waals surface area (Å²) >= 11 is 0. The number of allylic oxidation sites excluding steroid dienone is 7. The highest BCUT2D eigenvalue weighted by atomic mass is 16.7. The van der Waals surface area contributed by atoms with Gasteiger partial charge in [0.25, 0.3) is 0 Å². The van der Waals surface area contributed by atoms with Crippen molar-refractivity contribution in [1.29, 1.82) is 0 Å². The summed E-state index contributed by atoms with van der Waals surface area (Å²) in [5.74, 6) is -0.630. The molecule has 0 aromatic carbocycles. The van der Waals surface area contributed by atoms with Gasteiger partial charge in [-0.3, -0.25) is 4.79 Å². The van der Waals surface area contributed by atoms with Gasteiger partial charge in [-0.15, -0.1) is 0 Å². The number of hydrogen-bond donors (Lipinski definition) is 7. The van der Waals surface area contributed by atoms with E-state index in [1.165, 1.54) is 180 Å². The Morgan fingerprint density at radius 1 is 0.486 bits per heavy atom. The van der Waals surface area contributed by atoms with E-state index in [-0.39, 0.29) is 6.61 Å². The van der Waals surface area contributed by atoms with Gasteiger partial charge in [-0.25, -0.2) is 0 Å². The third kappa shape index (κ3) is 37.8. The minimum absolute atomic E-state index is 0.301. The predicted octanol–water partition coefficient (Wildman–Crippen LogP) is 13.5. The maximum atomic E-state index is 13.1. The average molecular weight is 991 g/mol. The molecule has 0 aromatic rings. The molecule has 0 aromatic heterocycles. The van der Waals surface area contributed by atoms with Crippen LogP contribution in [0.2, 0.25) is 0 Å². The van der Waals surface area contributed by atoms with Crippen LogP contribution in [0.5, 0.6) is 0 Å². The quantitative estimate of drug-likeness (QED) is 0.0232. The second-order valence-corrected chi connectivity index (χ2v) is 20.6. The molecule has 0 saturated carbocycles. The van der Waals surface area contributed by atoms with Gasteiger partial charge in [0.1, 0.15) is 30.5 Å². The van der Waals surface area contributed by atoms with E-state index in [0.717, 1.165) is 51.4 Å². The Morgan fingerprint density at radius 2 is 0.871 bits per heavy atom. The standard InChI is InChI=1S/C60H111NO9/c1-3-5-7-9-11-13-15-16-17-18-19-20-21-22-23-24-25-26-27-28-29-30-31-32-33-34-35-36-37-39-41-43-45-47-49-54(64)59(68)61-52(51-69-60-58(67)57(66)56(65)55(50-62)70-60)53(63)48-46-44-42-40-38-14-12-10-8-6-4-2/h8,10,24-25,38,40,46,48,52-58,60,62-67H,3-7,9,11-23,26-37,39,41-45,47,49-51H2,1-2H3,(H,61,68)/b10-8+,25-24-,40-38+,48-46+. The molecule has 0 radical (unpaired) electrons. The molecular weight excluding hydrogens is 879 g/mol. The lowest BCUT2D eigenvalue weighted by molar-refractivity contribution is -0.302. The molecule has 8 unspecified atom stereocenters. The zero-order valence-electron chi connectivity index (χ0n) is 45.1. The van der Waals surface area contributed by atoms with Crippen LogP contribution in [0, 0.1) is 0 Å². The minimum Gasteiger partial charge on any atom is -0.394 e. The van der Waals surface area contributed by atoms with E-state index < -0.39 is 61.5 Å². The van der Waals surface area contributed by atoms with Crippen LogP contribution in [0.1, 0.15) is 264 Å². The van der Waals surface area contributed by atoms with Crippen LogP contribution < -0.4 is 5.32 Å². The molecule has 1 amide bonds. The number of amides is 1. The molecule has 10 nitrogen and oxygen atoms in total. The molecule has 0 spiro atoms. The lowest BCUT2D eigenvalue weighted by Gasteiger charge is -2.40. The normalized spacial score (nSPS) is 20.1. The summed E-state index contributed by atoms with van der Waals surface area (Å²) in [5.41, 5.74) is 0. The topological polar surface area (TPSA) is 169 Å². The molecular formula is C60H111NO9. The van der Waals surface area contributed by atoms with Crippen molar-refractivity contribution in [3.05, 3.63) is 48.6 Å². The SMILES string of the molecule is CCC/C=C/CC/C=C/CC/C=C/C(O)C(COC1OC(CO)C(O)C(O)C1O)NC(=O)C(O)CCCCCCCCCCCCCCCCCC/C=C\CCCCCCCCCCCCCCCC. The van der Waals surface area contributed by atoms with Gasteiger partial charge in [0.15, 0.2) is 6.29 Å². The van der Waals surface area contributed by atoms with Crippen molar-refractivity contribution in [1.82, 2.24) is 5.32 Å². The molecule has 1 saturated heterocycles. The van der Waals surface area contributed by atoms with E-state index in [0.29, 0.717) is 19.3 Å². The van der Waals surface area contributed by atoms with Gasteiger partial charge < -0.3 is 45.4 Å². The van der Waals surface area contributed by atoms with Crippen LogP contribution in [-0.2, 0) is 14.3 Å². The number of hydrogen-bond acceptors (Lipinski definition) is 9. The van der Waals surface area contributed by atoms with E-state index >= 15 is 0 Å². The van der Waals surface area contributed by atoms with Crippen molar-refractivity contribution >= 4 is 5.91 Å². The van der Waals surface area contributed by atoms with Crippen LogP contribution >= 0.6 is 0 Å². The van der Waals surface area contributed by atoms with Crippen molar-refractivity contribution in [2.45, 2.75) is 313 Å². The monoisotopic (exact) mass is 990 g/mol. The summed E-state index contributed by atoms with van der Waals surface area (Å²) in [6.45, 7) is 3.52. The molecule has 70 heavy (non-hydrogen) atoms. The number of nitrogens with one attached hydrogen (secondary N) is 1. The van der Waals surface area contributed by atoms with Crippen LogP contribution in [0.3, 0.4) is 0 Å². The van der Waals surface area contributed by atoms with Crippen molar-refractivity contribution in [2.75, 3.05) is 13.2 Å². The molecule has 0 aliphatic carbocycles. The van der Waals surface area contributed by atoms with Gasteiger partial charge in [-0.1, -0.05) is 249 Å². The molecule has 1 heterocycles. The number of carbonyl (C=O) groups excluding carboxylic acids is 1. The second-order valence-electron chi connectivity index (χ2n) is 20.6. The maximum Gasteiger partial charge on any atom is 0.249 e. The molecule has 1 aliphatic rings. The van der Waals surface area contributed by atoms with Gasteiger partial charge in [-0.05, 0) is 64.2 Å². The van der Waals surface area contributed by atoms with Gasteiger partial charge >= 0.3 is 0 Å². The van der Waals surface area contributed by atoms with Crippen molar-refractivity contribution in [2.24, 2.45) is 0 Å². The first-order valence-electron chi connectivity index (χ1n) is 29.5. The van der Waals surface area contributed by atoms with Crippen molar-refractivity contribution in [3.8, 4) is 0 Å². The number of carbonyl (C=O) groups is 1. The fourth-order valence-corrected chi connectivity index (χ4v) is 9.20. The summed E-state index contributed by atoms with van der Waals surface area (Å²) in [4.78, 5) is 13.1. The summed E-state index contributed by atoms with van der Waals surface area (Å²) in [6.07, 6.45) is 55.5. The highest BCUT2D eigenvalue weighted by Gasteiger charge is 2.44. The number of ether oxygens (including phenoxy) is 2. The maximum absolute atomic E-state index is 13.1. The first kappa shape index (κ1) is 66.1. The van der Waals surface area contributed by atoms with E-state index in [4.69, 9.17) is 9.47 Å². The van der Waals surface area contributed by atoms with E-state index in [1.54, 1.807) is 6.08 Å². The number of aliphatic hydroxyl groups excluding tert-OH is 6. The third-order valence-corrected chi connectivity index (χ3v) is 13.9. The van der Waals surface area contributed by atoms with Crippen molar-refractivity contribution < 1.29 is 44.9 Å². The lowest BCUT2D eigenvalue weighted by atomic mass is 9.99. The van der Waals surface area contributed by atoms with Gasteiger partial charge in [-0.2, -0.15) is 0 Å². The van der Waals surface area contributed by atoms with Gasteiger partial charge in [0, 0.05) is 0 Å². The predicted molar refractivity (Wildman–Crippen MR) is 292 cm³/mol. The number of aliphatic hydroxyl groups is 6. The number of rotatable bonds is 50. The first-order valence-corrected chi connectivity index (χ1v) is 29.5. The summed E-state index contributed by atoms with van der Waals surface area (Å²) < 4.78 is 11.1. The zero-order valence-corrected chi connectivity index (χ0v) is 45.1. The van der Waals surface area contributed by atoms with Crippen LogP contribution in [0.25, 0.3) is 0 Å². The Hall–Kier alpha value is -1.89. The molecule has 10 heteroatoms. The number of unbranched alkanes of at least 4 members (excludes halogenated alkanes) is 33. The van der Waals surface area contributed by atoms with E-state index in [9.17, 15) is 35.4 Å². The molecule has 410 valence electrons. The Kier molecular flexibility index (Phi) is 46.6.